The number of carbonyl (C=O) groups is 2. The summed E-state index contributed by atoms with van der Waals surface area (Å²) in [6.45, 7) is 3.85. The highest BCUT2D eigenvalue weighted by Gasteiger charge is 2.52. The first kappa shape index (κ1) is 51.9. The Labute approximate surface area is 377 Å². The molecule has 0 aliphatic carbocycles. The van der Waals surface area contributed by atoms with Crippen LogP contribution in [0.3, 0.4) is 0 Å². The summed E-state index contributed by atoms with van der Waals surface area (Å²) in [5.41, 5.74) is -12.3. The molecule has 0 saturated heterocycles. The fraction of sp³-hybridized carbons (Fsp3) is 0.0889. The lowest BCUT2D eigenvalue weighted by molar-refractivity contribution is -0.657. The summed E-state index contributed by atoms with van der Waals surface area (Å²) in [7, 11) is 0. The minimum absolute atomic E-state index is 0.00914. The number of ether oxygens (including phenoxy) is 1. The standard InChI is InChI=1S/C24BF20.C21H20NO3/c26-5-1(6(27)14(35)21(42)13(5)34)25(2-7(28)15(36)22(43)16(37)8(2)29,3-9(30)17(38)23(44)18(39)10(3)31)4-11(32)19(40)24(45)20(41)12(4)33;1-15(2)25-21(24)18-11-9-17(10-12-18)20(23)14-22-13-5-7-16-6-3-4-8-19(16)22/h;3-13,15H,14H2,1-2H3/q-1;+1. The number of halogens is 20. The second-order valence-electron chi connectivity index (χ2n) is 14.9. The average Bonchev–Trinajstić information content (AvgIpc) is 3.34. The van der Waals surface area contributed by atoms with Crippen LogP contribution in [0.5, 0.6) is 0 Å². The van der Waals surface area contributed by atoms with Crippen LogP contribution in [0.15, 0.2) is 66.9 Å². The van der Waals surface area contributed by atoms with E-state index in [0.717, 1.165) is 10.9 Å². The van der Waals surface area contributed by atoms with E-state index in [1.807, 2.05) is 47.2 Å². The Morgan fingerprint density at radius 3 is 1.03 bits per heavy atom. The van der Waals surface area contributed by atoms with Gasteiger partial charge in [-0.1, -0.05) is 24.3 Å². The van der Waals surface area contributed by atoms with Crippen molar-refractivity contribution in [2.75, 3.05) is 0 Å². The Morgan fingerprint density at radius 2 is 0.700 bits per heavy atom. The van der Waals surface area contributed by atoms with Gasteiger partial charge in [-0.3, -0.25) is 4.79 Å². The van der Waals surface area contributed by atoms with Crippen molar-refractivity contribution in [3.05, 3.63) is 194 Å². The summed E-state index contributed by atoms with van der Waals surface area (Å²) < 4.78 is 301. The summed E-state index contributed by atoms with van der Waals surface area (Å²) in [6.07, 6.45) is -5.49. The van der Waals surface area contributed by atoms with Crippen molar-refractivity contribution in [3.63, 3.8) is 0 Å². The Morgan fingerprint density at radius 1 is 0.414 bits per heavy atom. The topological polar surface area (TPSA) is 47.3 Å². The third kappa shape index (κ3) is 8.43. The number of hydrogen-bond donors (Lipinski definition) is 0. The van der Waals surface area contributed by atoms with E-state index >= 15 is 35.1 Å². The maximum Gasteiger partial charge on any atom is 0.338 e. The predicted octanol–water partition coefficient (Wildman–Crippen LogP) is 9.42. The normalized spacial score (nSPS) is 11.6. The highest BCUT2D eigenvalue weighted by atomic mass is 19.2. The molecule has 0 unspecified atom stereocenters. The molecule has 25 heteroatoms. The van der Waals surface area contributed by atoms with E-state index < -0.39 is 144 Å². The fourth-order valence-electron chi connectivity index (χ4n) is 7.55. The number of Topliss-reactive ketones (excluding diaryl/α,β-unsaturated/α-hetero) is 1. The molecule has 1 heterocycles. The number of hydrogen-bond acceptors (Lipinski definition) is 3. The van der Waals surface area contributed by atoms with Gasteiger partial charge >= 0.3 is 5.97 Å². The van der Waals surface area contributed by atoms with Crippen LogP contribution in [0, 0.1) is 116 Å². The van der Waals surface area contributed by atoms with Crippen molar-refractivity contribution in [1.82, 2.24) is 0 Å². The van der Waals surface area contributed by atoms with Crippen LogP contribution in [-0.4, -0.2) is 24.0 Å². The predicted molar refractivity (Wildman–Crippen MR) is 205 cm³/mol. The Hall–Kier alpha value is -7.47. The molecule has 7 rings (SSSR count). The quantitative estimate of drug-likeness (QED) is 0.0276. The molecular formula is C45H20BF20NO3. The fourth-order valence-corrected chi connectivity index (χ4v) is 7.55. The van der Waals surface area contributed by atoms with Crippen molar-refractivity contribution >= 4 is 50.7 Å². The SMILES string of the molecule is CC(C)OC(=O)c1ccc(C(=O)C[n+]2cccc3ccccc32)cc1.Fc1c(F)c(F)c([B-](c2c(F)c(F)c(F)c(F)c2F)(c2c(F)c(F)c(F)c(F)c2F)c2c(F)c(F)c(F)c(F)c2F)c(F)c1F. The van der Waals surface area contributed by atoms with Gasteiger partial charge in [0.2, 0.25) is 17.8 Å². The summed E-state index contributed by atoms with van der Waals surface area (Å²) in [5.74, 6) is -71.8. The van der Waals surface area contributed by atoms with Crippen molar-refractivity contribution in [1.29, 1.82) is 0 Å². The Bertz CT molecular complexity index is 2910. The minimum atomic E-state index is -7.22. The molecule has 0 amide bonds. The molecule has 4 nitrogen and oxygen atoms in total. The van der Waals surface area contributed by atoms with Gasteiger partial charge in [0.1, 0.15) is 52.7 Å². The van der Waals surface area contributed by atoms with Crippen LogP contribution in [-0.2, 0) is 11.3 Å². The van der Waals surface area contributed by atoms with Crippen LogP contribution < -0.4 is 26.4 Å². The van der Waals surface area contributed by atoms with E-state index in [2.05, 4.69) is 0 Å². The molecule has 0 fully saturated rings. The number of para-hydroxylation sites is 1. The van der Waals surface area contributed by atoms with Crippen LogP contribution in [0.25, 0.3) is 10.9 Å². The van der Waals surface area contributed by atoms with Crippen LogP contribution >= 0.6 is 0 Å². The molecule has 0 aliphatic heterocycles. The number of nitrogens with zero attached hydrogens (tertiary/aromatic N) is 1. The highest BCUT2D eigenvalue weighted by Crippen LogP contribution is 2.31. The largest absolute Gasteiger partial charge is 0.459 e. The first-order valence-corrected chi connectivity index (χ1v) is 19.2. The molecule has 366 valence electrons. The smallest absolute Gasteiger partial charge is 0.338 e. The van der Waals surface area contributed by atoms with E-state index in [0.29, 0.717) is 11.1 Å². The molecule has 0 bridgehead atoms. The van der Waals surface area contributed by atoms with E-state index in [4.69, 9.17) is 4.74 Å². The molecule has 70 heavy (non-hydrogen) atoms. The van der Waals surface area contributed by atoms with Gasteiger partial charge in [-0.25, -0.2) is 92.6 Å². The Balaban J connectivity index is 0.000000270. The molecule has 7 aromatic rings. The zero-order valence-corrected chi connectivity index (χ0v) is 34.4. The third-order valence-corrected chi connectivity index (χ3v) is 10.6. The van der Waals surface area contributed by atoms with Gasteiger partial charge in [-0.05, 0) is 38.1 Å². The highest BCUT2D eigenvalue weighted by molar-refractivity contribution is 7.20. The zero-order valence-electron chi connectivity index (χ0n) is 34.4. The average molecular weight is 1010 g/mol. The van der Waals surface area contributed by atoms with Gasteiger partial charge in [0.25, 0.3) is 0 Å². The summed E-state index contributed by atoms with van der Waals surface area (Å²) >= 11 is 0. The number of carbonyl (C=O) groups excluding carboxylic acids is 2. The van der Waals surface area contributed by atoms with Crippen molar-refractivity contribution in [2.45, 2.75) is 26.5 Å². The van der Waals surface area contributed by atoms with Gasteiger partial charge in [-0.15, -0.1) is 21.9 Å². The molecule has 0 N–H and O–H groups in total. The summed E-state index contributed by atoms with van der Waals surface area (Å²) in [6, 6.07) is 18.5. The molecule has 0 atom stereocenters. The van der Waals surface area contributed by atoms with Crippen molar-refractivity contribution in [2.24, 2.45) is 0 Å². The van der Waals surface area contributed by atoms with Crippen LogP contribution in [0.1, 0.15) is 34.6 Å². The number of ketones is 1. The third-order valence-electron chi connectivity index (χ3n) is 10.6. The molecular weight excluding hydrogens is 993 g/mol. The first-order chi connectivity index (χ1) is 32.7. The lowest BCUT2D eigenvalue weighted by atomic mass is 9.12. The maximum atomic E-state index is 15.4. The van der Waals surface area contributed by atoms with Crippen LogP contribution in [0.2, 0.25) is 0 Å². The number of rotatable bonds is 9. The van der Waals surface area contributed by atoms with Crippen LogP contribution in [0.4, 0.5) is 87.8 Å². The second-order valence-corrected chi connectivity index (χ2v) is 14.9. The second kappa shape index (κ2) is 19.5. The number of fused-ring (bicyclic) bond motifs is 1. The van der Waals surface area contributed by atoms with Gasteiger partial charge < -0.3 is 4.74 Å². The minimum Gasteiger partial charge on any atom is -0.459 e. The van der Waals surface area contributed by atoms with E-state index in [1.54, 1.807) is 38.1 Å². The summed E-state index contributed by atoms with van der Waals surface area (Å²) in [4.78, 5) is 24.4. The lowest BCUT2D eigenvalue weighted by Crippen LogP contribution is -2.81. The van der Waals surface area contributed by atoms with E-state index in [-0.39, 0.29) is 24.4 Å². The lowest BCUT2D eigenvalue weighted by Gasteiger charge is -2.44. The molecule has 0 saturated carbocycles. The maximum absolute atomic E-state index is 15.4. The van der Waals surface area contributed by atoms with Gasteiger partial charge in [-0.2, -0.15) is 4.57 Å². The summed E-state index contributed by atoms with van der Waals surface area (Å²) in [5, 5.41) is 1.09. The monoisotopic (exact) mass is 1010 g/mol. The molecule has 1 aromatic heterocycles. The molecule has 0 aliphatic rings. The van der Waals surface area contributed by atoms with Gasteiger partial charge in [0.15, 0.2) is 76.0 Å². The van der Waals surface area contributed by atoms with Crippen molar-refractivity contribution < 1.29 is 107 Å². The number of benzene rings is 6. The first-order valence-electron chi connectivity index (χ1n) is 19.2. The molecule has 6 aromatic carbocycles. The zero-order chi connectivity index (χ0) is 52.2. The van der Waals surface area contributed by atoms with Gasteiger partial charge in [0.05, 0.1) is 11.7 Å². The van der Waals surface area contributed by atoms with E-state index in [1.165, 1.54) is 0 Å². The van der Waals surface area contributed by atoms with E-state index in [9.17, 15) is 62.3 Å². The van der Waals surface area contributed by atoms with Crippen molar-refractivity contribution in [3.8, 4) is 0 Å². The Kier molecular flexibility index (Phi) is 14.5. The number of esters is 1. The molecule has 0 spiro atoms. The van der Waals surface area contributed by atoms with Gasteiger partial charge in [0, 0.05) is 23.1 Å². The number of aromatic nitrogens is 1. The molecule has 0 radical (unpaired) electrons. The number of pyridine rings is 1.